The van der Waals surface area contributed by atoms with Gasteiger partial charge in [-0.3, -0.25) is 14.9 Å². The van der Waals surface area contributed by atoms with Crippen molar-refractivity contribution in [3.8, 4) is 11.4 Å². The first kappa shape index (κ1) is 27.4. The first-order valence-electron chi connectivity index (χ1n) is 11.3. The number of carbonyl (C=O) groups is 2. The van der Waals surface area contributed by atoms with Crippen molar-refractivity contribution in [1.82, 2.24) is 19.3 Å². The van der Waals surface area contributed by atoms with E-state index in [2.05, 4.69) is 14.9 Å². The minimum atomic E-state index is -2.94. The van der Waals surface area contributed by atoms with Crippen LogP contribution in [0.25, 0.3) is 5.69 Å². The lowest BCUT2D eigenvalue weighted by Crippen LogP contribution is -2.15. The summed E-state index contributed by atoms with van der Waals surface area (Å²) in [5, 5.41) is 19.7. The second kappa shape index (κ2) is 11.4. The van der Waals surface area contributed by atoms with Crippen LogP contribution < -0.4 is 4.74 Å². The van der Waals surface area contributed by atoms with Gasteiger partial charge in [-0.15, -0.1) is 10.2 Å². The van der Waals surface area contributed by atoms with E-state index >= 15 is 0 Å². The summed E-state index contributed by atoms with van der Waals surface area (Å²) in [6.45, 7) is -0.0699. The lowest BCUT2D eigenvalue weighted by atomic mass is 10.1. The third-order valence-corrected chi connectivity index (χ3v) is 6.77. The maximum absolute atomic E-state index is 12.9. The fourth-order valence-corrected chi connectivity index (χ4v) is 4.70. The first-order chi connectivity index (χ1) is 18.5. The number of ketones is 1. The van der Waals surface area contributed by atoms with E-state index in [0.717, 1.165) is 17.8 Å². The third-order valence-electron chi connectivity index (χ3n) is 5.65. The van der Waals surface area contributed by atoms with Crippen LogP contribution in [0.15, 0.2) is 64.9 Å². The van der Waals surface area contributed by atoms with Crippen molar-refractivity contribution in [2.45, 2.75) is 30.5 Å². The van der Waals surface area contributed by atoms with E-state index in [-0.39, 0.29) is 21.9 Å². The van der Waals surface area contributed by atoms with Crippen LogP contribution in [0.5, 0.6) is 5.75 Å². The van der Waals surface area contributed by atoms with Gasteiger partial charge in [0.2, 0.25) is 5.78 Å². The van der Waals surface area contributed by atoms with Crippen LogP contribution >= 0.6 is 11.8 Å². The molecule has 0 fully saturated rings. The Labute approximate surface area is 224 Å². The van der Waals surface area contributed by atoms with Crippen LogP contribution in [-0.4, -0.2) is 49.2 Å². The molecule has 4 rings (SSSR count). The molecule has 0 bridgehead atoms. The number of ether oxygens (including phenoxy) is 2. The second-order valence-electron chi connectivity index (χ2n) is 8.26. The van der Waals surface area contributed by atoms with E-state index in [1.54, 1.807) is 48.2 Å². The summed E-state index contributed by atoms with van der Waals surface area (Å²) >= 11 is 1.02. The molecule has 0 N–H and O–H groups in total. The molecule has 14 heteroatoms. The van der Waals surface area contributed by atoms with Gasteiger partial charge >= 0.3 is 12.6 Å². The van der Waals surface area contributed by atoms with Crippen molar-refractivity contribution in [2.24, 2.45) is 7.05 Å². The summed E-state index contributed by atoms with van der Waals surface area (Å²) in [4.78, 5) is 36.8. The number of nitro benzene ring substituents is 1. The average molecular weight is 558 g/mol. The Morgan fingerprint density at radius 3 is 2.46 bits per heavy atom. The molecule has 0 aliphatic carbocycles. The normalized spacial score (nSPS) is 11.0. The van der Waals surface area contributed by atoms with Gasteiger partial charge in [0.05, 0.1) is 15.4 Å². The standard InChI is InChI=1S/C25H21F2N5O6S/c1-14-10-19(15(2)31(14)17-5-7-18(8-6-17)38-24(26)27)21(33)12-37-23(34)16-4-9-22(20(11-16)32(35)36)39-25-29-28-13-30(25)3/h4-11,13,24H,12H2,1-3H3. The molecule has 0 aliphatic heterocycles. The average Bonchev–Trinajstić information content (AvgIpc) is 3.43. The number of nitro groups is 1. The second-order valence-corrected chi connectivity index (χ2v) is 9.27. The molecule has 2 aromatic heterocycles. The highest BCUT2D eigenvalue weighted by Gasteiger charge is 2.23. The largest absolute Gasteiger partial charge is 0.454 e. The van der Waals surface area contributed by atoms with Gasteiger partial charge in [0.1, 0.15) is 12.1 Å². The SMILES string of the molecule is Cc1cc(C(=O)COC(=O)c2ccc(Sc3nncn3C)c([N+](=O)[O-])c2)c(C)n1-c1ccc(OC(F)F)cc1. The summed E-state index contributed by atoms with van der Waals surface area (Å²) in [6.07, 6.45) is 1.45. The van der Waals surface area contributed by atoms with Crippen molar-refractivity contribution < 1.29 is 32.8 Å². The number of Topliss-reactive ketones (excluding diaryl/α,β-unsaturated/α-hetero) is 1. The maximum atomic E-state index is 12.9. The fraction of sp³-hybridized carbons (Fsp3) is 0.200. The Balaban J connectivity index is 1.47. The summed E-state index contributed by atoms with van der Waals surface area (Å²) in [5.74, 6) is -1.38. The van der Waals surface area contributed by atoms with Crippen LogP contribution in [-0.2, 0) is 11.8 Å². The molecular formula is C25H21F2N5O6S. The number of hydrogen-bond donors (Lipinski definition) is 0. The summed E-state index contributed by atoms with van der Waals surface area (Å²) < 4.78 is 37.7. The number of benzene rings is 2. The van der Waals surface area contributed by atoms with Gasteiger partial charge in [-0.05, 0) is 68.1 Å². The Morgan fingerprint density at radius 2 is 1.85 bits per heavy atom. The van der Waals surface area contributed by atoms with Crippen LogP contribution in [0.4, 0.5) is 14.5 Å². The van der Waals surface area contributed by atoms with Crippen molar-refractivity contribution in [3.63, 3.8) is 0 Å². The maximum Gasteiger partial charge on any atom is 0.387 e. The number of hydrogen-bond acceptors (Lipinski definition) is 9. The number of esters is 1. The van der Waals surface area contributed by atoms with E-state index in [9.17, 15) is 28.5 Å². The van der Waals surface area contributed by atoms with E-state index < -0.39 is 29.9 Å². The highest BCUT2D eigenvalue weighted by atomic mass is 32.2. The highest BCUT2D eigenvalue weighted by molar-refractivity contribution is 7.99. The number of carbonyl (C=O) groups excluding carboxylic acids is 2. The number of rotatable bonds is 10. The predicted octanol–water partition coefficient (Wildman–Crippen LogP) is 4.92. The molecule has 0 amide bonds. The van der Waals surface area contributed by atoms with E-state index in [1.807, 2.05) is 0 Å². The van der Waals surface area contributed by atoms with Crippen LogP contribution in [0.1, 0.15) is 32.1 Å². The number of aromatic nitrogens is 4. The molecule has 0 atom stereocenters. The lowest BCUT2D eigenvalue weighted by Gasteiger charge is -2.11. The van der Waals surface area contributed by atoms with Gasteiger partial charge < -0.3 is 18.6 Å². The summed E-state index contributed by atoms with van der Waals surface area (Å²) in [5.41, 5.74) is 1.75. The van der Waals surface area contributed by atoms with E-state index in [0.29, 0.717) is 27.8 Å². The summed E-state index contributed by atoms with van der Waals surface area (Å²) in [6, 6.07) is 11.4. The molecular weight excluding hydrogens is 536 g/mol. The molecule has 0 saturated carbocycles. The quantitative estimate of drug-likeness (QED) is 0.115. The molecule has 2 aromatic carbocycles. The number of aryl methyl sites for hydroxylation is 2. The Bertz CT molecular complexity index is 1550. The Hall–Kier alpha value is -4.59. The van der Waals surface area contributed by atoms with E-state index in [1.165, 1.54) is 30.6 Å². The zero-order valence-corrected chi connectivity index (χ0v) is 21.6. The smallest absolute Gasteiger partial charge is 0.387 e. The van der Waals surface area contributed by atoms with Crippen LogP contribution in [0.3, 0.4) is 0 Å². The molecule has 11 nitrogen and oxygen atoms in total. The van der Waals surface area contributed by atoms with Gasteiger partial charge in [0, 0.05) is 35.8 Å². The monoisotopic (exact) mass is 557 g/mol. The van der Waals surface area contributed by atoms with Crippen LogP contribution in [0, 0.1) is 24.0 Å². The zero-order chi connectivity index (χ0) is 28.3. The van der Waals surface area contributed by atoms with Crippen molar-refractivity contribution in [1.29, 1.82) is 0 Å². The van der Waals surface area contributed by atoms with Crippen molar-refractivity contribution in [2.75, 3.05) is 6.61 Å². The highest BCUT2D eigenvalue weighted by Crippen LogP contribution is 2.34. The van der Waals surface area contributed by atoms with Crippen molar-refractivity contribution >= 4 is 29.2 Å². The van der Waals surface area contributed by atoms with Gasteiger partial charge in [-0.1, -0.05) is 0 Å². The molecule has 202 valence electrons. The Kier molecular flexibility index (Phi) is 8.04. The molecule has 0 unspecified atom stereocenters. The van der Waals surface area contributed by atoms with Gasteiger partial charge in [-0.2, -0.15) is 8.78 Å². The molecule has 0 radical (unpaired) electrons. The lowest BCUT2D eigenvalue weighted by molar-refractivity contribution is -0.387. The van der Waals surface area contributed by atoms with Crippen molar-refractivity contribution in [3.05, 3.63) is 87.5 Å². The zero-order valence-electron chi connectivity index (χ0n) is 20.8. The predicted molar refractivity (Wildman–Crippen MR) is 135 cm³/mol. The number of alkyl halides is 2. The van der Waals surface area contributed by atoms with Gasteiger partial charge in [-0.25, -0.2) is 4.79 Å². The van der Waals surface area contributed by atoms with Gasteiger partial charge in [0.15, 0.2) is 11.8 Å². The van der Waals surface area contributed by atoms with Crippen LogP contribution in [0.2, 0.25) is 0 Å². The molecule has 39 heavy (non-hydrogen) atoms. The van der Waals surface area contributed by atoms with E-state index in [4.69, 9.17) is 4.74 Å². The minimum Gasteiger partial charge on any atom is -0.454 e. The minimum absolute atomic E-state index is 0.0000638. The molecule has 4 aromatic rings. The van der Waals surface area contributed by atoms with Gasteiger partial charge in [0.25, 0.3) is 5.69 Å². The number of nitrogens with zero attached hydrogens (tertiary/aromatic N) is 5. The molecule has 0 aliphatic rings. The molecule has 0 saturated heterocycles. The Morgan fingerprint density at radius 1 is 1.13 bits per heavy atom. The first-order valence-corrected chi connectivity index (χ1v) is 12.1. The molecule has 0 spiro atoms. The third kappa shape index (κ3) is 6.12. The fourth-order valence-electron chi connectivity index (χ4n) is 3.85. The topological polar surface area (TPSA) is 131 Å². The molecule has 2 heterocycles. The summed E-state index contributed by atoms with van der Waals surface area (Å²) in [7, 11) is 1.69. The number of halogens is 2.